The summed E-state index contributed by atoms with van der Waals surface area (Å²) in [6.07, 6.45) is 3.86. The van der Waals surface area contributed by atoms with Crippen LogP contribution in [0, 0.1) is 12.7 Å². The Kier molecular flexibility index (Phi) is 5.00. The van der Waals surface area contributed by atoms with Crippen molar-refractivity contribution in [1.82, 2.24) is 9.38 Å². The van der Waals surface area contributed by atoms with Gasteiger partial charge in [0.25, 0.3) is 5.91 Å². The third kappa shape index (κ3) is 3.65. The van der Waals surface area contributed by atoms with Crippen molar-refractivity contribution in [2.45, 2.75) is 6.92 Å². The van der Waals surface area contributed by atoms with Crippen LogP contribution in [0.5, 0.6) is 0 Å². The first kappa shape index (κ1) is 19.7. The number of benzene rings is 3. The highest BCUT2D eigenvalue weighted by Crippen LogP contribution is 2.29. The minimum Gasteiger partial charge on any atom is -0.322 e. The Hall–Kier alpha value is -4.25. The summed E-state index contributed by atoms with van der Waals surface area (Å²) in [5.41, 5.74) is 6.70. The van der Waals surface area contributed by atoms with E-state index in [2.05, 4.69) is 26.8 Å². The van der Waals surface area contributed by atoms with Gasteiger partial charge in [0.15, 0.2) is 0 Å². The number of imidazole rings is 1. The minimum atomic E-state index is -0.344. The van der Waals surface area contributed by atoms with Gasteiger partial charge in [-0.05, 0) is 60.5 Å². The molecule has 0 bridgehead atoms. The SMILES string of the molecule is Cc1ccc(-c2cccn3c(-c4ccccc4)cnc23)cc1C(=O)Nc1ccc(F)cc1. The number of hydrogen-bond acceptors (Lipinski definition) is 2. The first-order chi connectivity index (χ1) is 15.6. The summed E-state index contributed by atoms with van der Waals surface area (Å²) in [6.45, 7) is 1.90. The first-order valence-electron chi connectivity index (χ1n) is 10.3. The van der Waals surface area contributed by atoms with Crippen molar-refractivity contribution in [2.24, 2.45) is 0 Å². The number of amides is 1. The third-order valence-electron chi connectivity index (χ3n) is 5.50. The zero-order chi connectivity index (χ0) is 22.1. The van der Waals surface area contributed by atoms with Gasteiger partial charge in [-0.15, -0.1) is 0 Å². The summed E-state index contributed by atoms with van der Waals surface area (Å²) in [5, 5.41) is 2.84. The number of carbonyl (C=O) groups is 1. The van der Waals surface area contributed by atoms with E-state index in [-0.39, 0.29) is 11.7 Å². The molecule has 5 aromatic rings. The Labute approximate surface area is 185 Å². The lowest BCUT2D eigenvalue weighted by molar-refractivity contribution is 0.102. The molecule has 0 atom stereocenters. The fourth-order valence-corrected chi connectivity index (χ4v) is 3.82. The third-order valence-corrected chi connectivity index (χ3v) is 5.50. The van der Waals surface area contributed by atoms with Crippen LogP contribution >= 0.6 is 0 Å². The van der Waals surface area contributed by atoms with E-state index in [4.69, 9.17) is 0 Å². The molecule has 5 heteroatoms. The van der Waals surface area contributed by atoms with E-state index in [0.717, 1.165) is 33.6 Å². The predicted octanol–water partition coefficient (Wildman–Crippen LogP) is 6.37. The van der Waals surface area contributed by atoms with E-state index in [1.54, 1.807) is 12.1 Å². The van der Waals surface area contributed by atoms with E-state index in [1.807, 2.05) is 67.8 Å². The van der Waals surface area contributed by atoms with Gasteiger partial charge in [0.05, 0.1) is 11.9 Å². The summed E-state index contributed by atoms with van der Waals surface area (Å²) < 4.78 is 15.2. The van der Waals surface area contributed by atoms with Gasteiger partial charge in [-0.3, -0.25) is 9.20 Å². The molecule has 3 aromatic carbocycles. The number of hydrogen-bond donors (Lipinski definition) is 1. The summed E-state index contributed by atoms with van der Waals surface area (Å²) >= 11 is 0. The molecule has 0 unspecified atom stereocenters. The molecule has 32 heavy (non-hydrogen) atoms. The maximum Gasteiger partial charge on any atom is 0.255 e. The number of pyridine rings is 1. The van der Waals surface area contributed by atoms with Crippen LogP contribution in [0.15, 0.2) is 97.3 Å². The lowest BCUT2D eigenvalue weighted by Gasteiger charge is -2.11. The van der Waals surface area contributed by atoms with Crippen molar-refractivity contribution < 1.29 is 9.18 Å². The van der Waals surface area contributed by atoms with Crippen LogP contribution in [-0.4, -0.2) is 15.3 Å². The van der Waals surface area contributed by atoms with Crippen molar-refractivity contribution in [3.05, 3.63) is 114 Å². The number of anilines is 1. The molecule has 5 rings (SSSR count). The highest BCUT2D eigenvalue weighted by molar-refractivity contribution is 6.06. The number of aryl methyl sites for hydroxylation is 1. The summed E-state index contributed by atoms with van der Waals surface area (Å²) in [7, 11) is 0. The van der Waals surface area contributed by atoms with Gasteiger partial charge in [-0.1, -0.05) is 42.5 Å². The maximum atomic E-state index is 13.2. The van der Waals surface area contributed by atoms with Crippen LogP contribution in [-0.2, 0) is 0 Å². The lowest BCUT2D eigenvalue weighted by Crippen LogP contribution is -2.13. The Bertz CT molecular complexity index is 1420. The number of nitrogens with zero attached hydrogens (tertiary/aromatic N) is 2. The number of rotatable bonds is 4. The molecule has 0 fully saturated rings. The quantitative estimate of drug-likeness (QED) is 0.367. The molecule has 0 saturated heterocycles. The van der Waals surface area contributed by atoms with Crippen molar-refractivity contribution in [1.29, 1.82) is 0 Å². The van der Waals surface area contributed by atoms with Crippen LogP contribution in [0.25, 0.3) is 28.0 Å². The second kappa shape index (κ2) is 8.12. The lowest BCUT2D eigenvalue weighted by atomic mass is 9.99. The Morgan fingerprint density at radius 1 is 0.906 bits per heavy atom. The van der Waals surface area contributed by atoms with Gasteiger partial charge in [0, 0.05) is 28.6 Å². The van der Waals surface area contributed by atoms with Crippen molar-refractivity contribution in [2.75, 3.05) is 5.32 Å². The number of halogens is 1. The average molecular weight is 421 g/mol. The van der Waals surface area contributed by atoms with E-state index in [1.165, 1.54) is 12.1 Å². The summed E-state index contributed by atoms with van der Waals surface area (Å²) in [5.74, 6) is -0.583. The van der Waals surface area contributed by atoms with Crippen LogP contribution in [0.2, 0.25) is 0 Å². The fraction of sp³-hybridized carbons (Fsp3) is 0.0370. The van der Waals surface area contributed by atoms with Gasteiger partial charge >= 0.3 is 0 Å². The zero-order valence-corrected chi connectivity index (χ0v) is 17.4. The van der Waals surface area contributed by atoms with Crippen LogP contribution in [0.4, 0.5) is 10.1 Å². The monoisotopic (exact) mass is 421 g/mol. The van der Waals surface area contributed by atoms with Crippen LogP contribution in [0.3, 0.4) is 0 Å². The molecule has 0 spiro atoms. The van der Waals surface area contributed by atoms with E-state index in [0.29, 0.717) is 11.3 Å². The van der Waals surface area contributed by atoms with E-state index < -0.39 is 0 Å². The van der Waals surface area contributed by atoms with E-state index >= 15 is 0 Å². The molecule has 0 saturated carbocycles. The Morgan fingerprint density at radius 3 is 2.47 bits per heavy atom. The zero-order valence-electron chi connectivity index (χ0n) is 17.4. The van der Waals surface area contributed by atoms with Crippen LogP contribution < -0.4 is 5.32 Å². The first-order valence-corrected chi connectivity index (χ1v) is 10.3. The molecule has 4 nitrogen and oxygen atoms in total. The molecule has 156 valence electrons. The van der Waals surface area contributed by atoms with Crippen molar-refractivity contribution in [3.63, 3.8) is 0 Å². The molecular formula is C27H20FN3O. The Balaban J connectivity index is 1.54. The molecule has 0 aliphatic rings. The second-order valence-electron chi connectivity index (χ2n) is 7.62. The molecule has 2 heterocycles. The van der Waals surface area contributed by atoms with Gasteiger partial charge in [-0.25, -0.2) is 9.37 Å². The largest absolute Gasteiger partial charge is 0.322 e. The number of nitrogens with one attached hydrogen (secondary N) is 1. The normalized spacial score (nSPS) is 10.9. The minimum absolute atomic E-state index is 0.240. The molecule has 0 aliphatic carbocycles. The summed E-state index contributed by atoms with van der Waals surface area (Å²) in [4.78, 5) is 17.6. The second-order valence-corrected chi connectivity index (χ2v) is 7.62. The number of aromatic nitrogens is 2. The highest BCUT2D eigenvalue weighted by atomic mass is 19.1. The molecule has 1 N–H and O–H groups in total. The Morgan fingerprint density at radius 2 is 1.69 bits per heavy atom. The van der Waals surface area contributed by atoms with Gasteiger partial charge < -0.3 is 5.32 Å². The predicted molar refractivity (Wildman–Crippen MR) is 125 cm³/mol. The van der Waals surface area contributed by atoms with Gasteiger partial charge in [0.2, 0.25) is 0 Å². The average Bonchev–Trinajstić information content (AvgIpc) is 3.26. The maximum absolute atomic E-state index is 13.2. The molecule has 1 amide bonds. The number of fused-ring (bicyclic) bond motifs is 1. The highest BCUT2D eigenvalue weighted by Gasteiger charge is 2.15. The van der Waals surface area contributed by atoms with E-state index in [9.17, 15) is 9.18 Å². The molecular weight excluding hydrogens is 401 g/mol. The van der Waals surface area contributed by atoms with Crippen LogP contribution in [0.1, 0.15) is 15.9 Å². The standard InChI is InChI=1S/C27H20FN3O/c1-18-9-10-20(16-24(18)27(32)30-22-13-11-21(28)12-14-22)23-8-5-15-31-25(17-29-26(23)31)19-6-3-2-4-7-19/h2-17H,1H3,(H,30,32). The van der Waals surface area contributed by atoms with Crippen molar-refractivity contribution >= 4 is 17.2 Å². The topological polar surface area (TPSA) is 46.4 Å². The fourth-order valence-electron chi connectivity index (χ4n) is 3.82. The van der Waals surface area contributed by atoms with Crippen molar-refractivity contribution in [3.8, 4) is 22.4 Å². The summed E-state index contributed by atoms with van der Waals surface area (Å²) in [6, 6.07) is 25.6. The smallest absolute Gasteiger partial charge is 0.255 e. The molecule has 0 radical (unpaired) electrons. The number of carbonyl (C=O) groups excluding carboxylic acids is 1. The molecule has 2 aromatic heterocycles. The van der Waals surface area contributed by atoms with Gasteiger partial charge in [-0.2, -0.15) is 0 Å². The van der Waals surface area contributed by atoms with Gasteiger partial charge in [0.1, 0.15) is 11.5 Å². The molecule has 0 aliphatic heterocycles.